The minimum atomic E-state index is -0.382. The smallest absolute Gasteiger partial charge is 0.201 e. The van der Waals surface area contributed by atoms with Gasteiger partial charge in [-0.05, 0) is 24.5 Å². The molecule has 0 radical (unpaired) electrons. The number of halogens is 1. The van der Waals surface area contributed by atoms with Gasteiger partial charge < -0.3 is 5.73 Å². The fourth-order valence-electron chi connectivity index (χ4n) is 1.03. The Labute approximate surface area is 108 Å². The number of anilines is 1. The second kappa shape index (κ2) is 6.13. The molecule has 88 valence electrons. The third-order valence-electron chi connectivity index (χ3n) is 1.81. The van der Waals surface area contributed by atoms with Crippen molar-refractivity contribution in [1.29, 1.82) is 10.7 Å². The molecule has 1 rings (SSSR count). The molecule has 0 aliphatic rings. The average Bonchev–Trinajstić information content (AvgIpc) is 2.29. The van der Waals surface area contributed by atoms with Crippen LogP contribution in [-0.4, -0.2) is 17.8 Å². The number of thioether (sulfide) groups is 1. The molecule has 0 saturated carbocycles. The van der Waals surface area contributed by atoms with Gasteiger partial charge in [0, 0.05) is 9.92 Å². The number of hydrogen-bond donors (Lipinski definition) is 3. The predicted molar refractivity (Wildman–Crippen MR) is 71.8 cm³/mol. The zero-order valence-corrected chi connectivity index (χ0v) is 10.6. The second-order valence-corrected chi connectivity index (χ2v) is 4.23. The van der Waals surface area contributed by atoms with E-state index in [1.807, 2.05) is 12.3 Å². The SMILES string of the molecule is CSc1ccc(Cl)cc1N/N=C(\C#N)C(=N)N. The summed E-state index contributed by atoms with van der Waals surface area (Å²) in [6, 6.07) is 7.01. The van der Waals surface area contributed by atoms with Crippen LogP contribution in [0.4, 0.5) is 5.69 Å². The summed E-state index contributed by atoms with van der Waals surface area (Å²) in [6.07, 6.45) is 1.91. The van der Waals surface area contributed by atoms with Gasteiger partial charge in [0.2, 0.25) is 5.71 Å². The van der Waals surface area contributed by atoms with E-state index < -0.39 is 0 Å². The summed E-state index contributed by atoms with van der Waals surface area (Å²) < 4.78 is 0. The van der Waals surface area contributed by atoms with Crippen molar-refractivity contribution in [2.24, 2.45) is 10.8 Å². The third-order valence-corrected chi connectivity index (χ3v) is 2.84. The summed E-state index contributed by atoms with van der Waals surface area (Å²) in [5.74, 6) is -0.382. The molecule has 0 fully saturated rings. The Balaban J connectivity index is 2.99. The Bertz CT molecular complexity index is 506. The highest BCUT2D eigenvalue weighted by atomic mass is 35.5. The van der Waals surface area contributed by atoms with E-state index >= 15 is 0 Å². The van der Waals surface area contributed by atoms with Gasteiger partial charge in [0.05, 0.1) is 5.69 Å². The molecule has 0 aliphatic carbocycles. The first-order chi connectivity index (χ1) is 8.08. The molecule has 5 nitrogen and oxygen atoms in total. The van der Waals surface area contributed by atoms with Crippen LogP contribution in [0.5, 0.6) is 0 Å². The van der Waals surface area contributed by atoms with Gasteiger partial charge >= 0.3 is 0 Å². The molecule has 1 aromatic rings. The van der Waals surface area contributed by atoms with Crippen LogP contribution < -0.4 is 11.2 Å². The van der Waals surface area contributed by atoms with E-state index in [1.54, 1.807) is 18.2 Å². The number of hydrazone groups is 1. The first-order valence-corrected chi connectivity index (χ1v) is 6.10. The monoisotopic (exact) mass is 267 g/mol. The molecule has 0 heterocycles. The number of nitrogens with zero attached hydrogens (tertiary/aromatic N) is 2. The van der Waals surface area contributed by atoms with Crippen LogP contribution in [0.15, 0.2) is 28.2 Å². The summed E-state index contributed by atoms with van der Waals surface area (Å²) in [6.45, 7) is 0. The highest BCUT2D eigenvalue weighted by molar-refractivity contribution is 7.98. The molecule has 0 aromatic heterocycles. The second-order valence-electron chi connectivity index (χ2n) is 2.94. The van der Waals surface area contributed by atoms with E-state index in [4.69, 9.17) is 28.0 Å². The van der Waals surface area contributed by atoms with E-state index in [0.717, 1.165) is 4.90 Å². The van der Waals surface area contributed by atoms with E-state index in [1.165, 1.54) is 11.8 Å². The lowest BCUT2D eigenvalue weighted by Gasteiger charge is -2.07. The molecule has 0 aliphatic heterocycles. The minimum Gasteiger partial charge on any atom is -0.382 e. The fraction of sp³-hybridized carbons (Fsp3) is 0.100. The number of nitrogens with one attached hydrogen (secondary N) is 2. The quantitative estimate of drug-likeness (QED) is 0.337. The molecule has 0 unspecified atom stereocenters. The van der Waals surface area contributed by atoms with E-state index in [2.05, 4.69) is 10.5 Å². The zero-order valence-electron chi connectivity index (χ0n) is 8.99. The van der Waals surface area contributed by atoms with Crippen molar-refractivity contribution in [3.05, 3.63) is 23.2 Å². The van der Waals surface area contributed by atoms with Gasteiger partial charge in [0.15, 0.2) is 5.84 Å². The lowest BCUT2D eigenvalue weighted by Crippen LogP contribution is -2.21. The minimum absolute atomic E-state index is 0.169. The average molecular weight is 268 g/mol. The molecule has 0 amide bonds. The first kappa shape index (κ1) is 13.4. The van der Waals surface area contributed by atoms with Gasteiger partial charge in [-0.15, -0.1) is 11.8 Å². The number of nitriles is 1. The molecule has 0 saturated heterocycles. The number of benzene rings is 1. The van der Waals surface area contributed by atoms with E-state index in [9.17, 15) is 0 Å². The summed E-state index contributed by atoms with van der Waals surface area (Å²) in [4.78, 5) is 0.930. The van der Waals surface area contributed by atoms with Gasteiger partial charge in [0.1, 0.15) is 6.07 Å². The van der Waals surface area contributed by atoms with Crippen LogP contribution in [0.2, 0.25) is 5.02 Å². The molecule has 1 aromatic carbocycles. The van der Waals surface area contributed by atoms with Crippen LogP contribution in [0, 0.1) is 16.7 Å². The zero-order chi connectivity index (χ0) is 12.8. The van der Waals surface area contributed by atoms with Crippen LogP contribution in [0.25, 0.3) is 0 Å². The number of nitrogens with two attached hydrogens (primary N) is 1. The number of amidine groups is 1. The molecule has 7 heteroatoms. The van der Waals surface area contributed by atoms with Crippen molar-refractivity contribution < 1.29 is 0 Å². The van der Waals surface area contributed by atoms with Crippen LogP contribution in [0.1, 0.15) is 0 Å². The first-order valence-electron chi connectivity index (χ1n) is 4.50. The van der Waals surface area contributed by atoms with Crippen molar-refractivity contribution in [1.82, 2.24) is 0 Å². The lowest BCUT2D eigenvalue weighted by atomic mass is 10.3. The largest absolute Gasteiger partial charge is 0.382 e. The van der Waals surface area contributed by atoms with Gasteiger partial charge in [-0.2, -0.15) is 10.4 Å². The Morgan fingerprint density at radius 3 is 2.88 bits per heavy atom. The Kier molecular flexibility index (Phi) is 4.82. The van der Waals surface area contributed by atoms with Crippen LogP contribution >= 0.6 is 23.4 Å². The third kappa shape index (κ3) is 3.66. The summed E-state index contributed by atoms with van der Waals surface area (Å²) in [5.41, 5.74) is 8.34. The van der Waals surface area contributed by atoms with Gasteiger partial charge in [-0.3, -0.25) is 10.8 Å². The summed E-state index contributed by atoms with van der Waals surface area (Å²) in [7, 11) is 0. The molecular weight excluding hydrogens is 258 g/mol. The van der Waals surface area contributed by atoms with Crippen molar-refractivity contribution in [3.63, 3.8) is 0 Å². The van der Waals surface area contributed by atoms with Crippen molar-refractivity contribution >= 4 is 40.6 Å². The molecule has 0 spiro atoms. The maximum absolute atomic E-state index is 8.68. The normalized spacial score (nSPS) is 10.8. The van der Waals surface area contributed by atoms with Crippen molar-refractivity contribution in [2.75, 3.05) is 11.7 Å². The molecular formula is C10H10ClN5S. The maximum Gasteiger partial charge on any atom is 0.201 e. The summed E-state index contributed by atoms with van der Waals surface area (Å²) >= 11 is 7.37. The van der Waals surface area contributed by atoms with Crippen molar-refractivity contribution in [3.8, 4) is 6.07 Å². The van der Waals surface area contributed by atoms with E-state index in [0.29, 0.717) is 10.7 Å². The van der Waals surface area contributed by atoms with Crippen LogP contribution in [-0.2, 0) is 0 Å². The highest BCUT2D eigenvalue weighted by Gasteiger charge is 2.04. The lowest BCUT2D eigenvalue weighted by molar-refractivity contribution is 1.28. The molecule has 0 bridgehead atoms. The maximum atomic E-state index is 8.68. The standard InChI is InChI=1S/C10H10ClN5S/c1-17-9-3-2-6(11)4-7(9)15-16-8(5-12)10(13)14/h2-4,15H,1H3,(H3,13,14)/b16-8+. The number of rotatable bonds is 4. The van der Waals surface area contributed by atoms with Crippen LogP contribution in [0.3, 0.4) is 0 Å². The Morgan fingerprint density at radius 2 is 2.35 bits per heavy atom. The molecule has 0 atom stereocenters. The highest BCUT2D eigenvalue weighted by Crippen LogP contribution is 2.28. The Hall–Kier alpha value is -1.71. The molecule has 4 N–H and O–H groups in total. The topological polar surface area (TPSA) is 98.0 Å². The fourth-order valence-corrected chi connectivity index (χ4v) is 1.73. The van der Waals surface area contributed by atoms with Gasteiger partial charge in [-0.1, -0.05) is 11.6 Å². The summed E-state index contributed by atoms with van der Waals surface area (Å²) in [5, 5.41) is 20.1. The van der Waals surface area contributed by atoms with Gasteiger partial charge in [-0.25, -0.2) is 0 Å². The Morgan fingerprint density at radius 1 is 1.65 bits per heavy atom. The van der Waals surface area contributed by atoms with E-state index in [-0.39, 0.29) is 11.5 Å². The number of hydrogen-bond acceptors (Lipinski definition) is 5. The molecule has 17 heavy (non-hydrogen) atoms. The predicted octanol–water partition coefficient (Wildman–Crippen LogP) is 2.29. The van der Waals surface area contributed by atoms with Crippen molar-refractivity contribution in [2.45, 2.75) is 4.90 Å². The van der Waals surface area contributed by atoms with Gasteiger partial charge in [0.25, 0.3) is 0 Å².